The molecule has 0 amide bonds. The Hall–Kier alpha value is -0.790. The lowest BCUT2D eigenvalue weighted by atomic mass is 10.3. The van der Waals surface area contributed by atoms with Crippen molar-refractivity contribution < 1.29 is 0 Å². The van der Waals surface area contributed by atoms with E-state index in [9.17, 15) is 0 Å². The molecule has 1 rings (SSSR count). The molecule has 0 unspecified atom stereocenters. The molecule has 0 aliphatic rings. The van der Waals surface area contributed by atoms with Gasteiger partial charge in [-0.25, -0.2) is 0 Å². The molecular formula is C6H9N2. The second-order valence-corrected chi connectivity index (χ2v) is 1.67. The molecule has 1 aromatic heterocycles. The third kappa shape index (κ3) is 0.735. The summed E-state index contributed by atoms with van der Waals surface area (Å²) in [6.07, 6.45) is 3.81. The first kappa shape index (κ1) is 5.35. The van der Waals surface area contributed by atoms with Crippen molar-refractivity contribution in [1.29, 1.82) is 0 Å². The molecule has 0 aliphatic carbocycles. The van der Waals surface area contributed by atoms with Crippen LogP contribution in [0, 0.1) is 6.42 Å². The van der Waals surface area contributed by atoms with Gasteiger partial charge in [-0.2, -0.15) is 5.10 Å². The normalized spacial score (nSPS) is 9.75. The minimum absolute atomic E-state index is 1.16. The van der Waals surface area contributed by atoms with Crippen LogP contribution in [0.5, 0.6) is 0 Å². The van der Waals surface area contributed by atoms with E-state index in [2.05, 4.69) is 5.10 Å². The summed E-state index contributed by atoms with van der Waals surface area (Å²) in [6.45, 7) is 2.00. The van der Waals surface area contributed by atoms with Gasteiger partial charge in [-0.3, -0.25) is 4.68 Å². The average Bonchev–Trinajstić information content (AvgIpc) is 2.14. The third-order valence-corrected chi connectivity index (χ3v) is 1.15. The molecule has 1 radical (unpaired) electrons. The van der Waals surface area contributed by atoms with Crippen LogP contribution in [0.25, 0.3) is 0 Å². The zero-order valence-electron chi connectivity index (χ0n) is 5.13. The number of hydrogen-bond donors (Lipinski definition) is 0. The van der Waals surface area contributed by atoms with Crippen molar-refractivity contribution in [1.82, 2.24) is 9.78 Å². The summed E-state index contributed by atoms with van der Waals surface area (Å²) in [5, 5.41) is 3.97. The van der Waals surface area contributed by atoms with Gasteiger partial charge >= 0.3 is 0 Å². The van der Waals surface area contributed by atoms with E-state index in [1.54, 1.807) is 6.20 Å². The van der Waals surface area contributed by atoms with Crippen molar-refractivity contribution >= 4 is 0 Å². The van der Waals surface area contributed by atoms with Crippen LogP contribution in [0.4, 0.5) is 0 Å². The predicted octanol–water partition coefficient (Wildman–Crippen LogP) is 0.992. The Morgan fingerprint density at radius 2 is 2.50 bits per heavy atom. The first-order chi connectivity index (χ1) is 3.84. The molecular weight excluding hydrogens is 100 g/mol. The van der Waals surface area contributed by atoms with Gasteiger partial charge in [0, 0.05) is 25.4 Å². The number of nitrogens with zero attached hydrogens (tertiary/aromatic N) is 2. The summed E-state index contributed by atoms with van der Waals surface area (Å²) in [6, 6.07) is 1.97. The van der Waals surface area contributed by atoms with E-state index in [1.165, 1.54) is 0 Å². The van der Waals surface area contributed by atoms with E-state index in [0.29, 0.717) is 0 Å². The number of aromatic nitrogens is 2. The highest BCUT2D eigenvalue weighted by molar-refractivity contribution is 5.08. The van der Waals surface area contributed by atoms with E-state index in [1.807, 2.05) is 31.1 Å². The summed E-state index contributed by atoms with van der Waals surface area (Å²) in [5.41, 5.74) is 1.16. The number of hydrogen-bond acceptors (Lipinski definition) is 1. The minimum Gasteiger partial charge on any atom is -0.272 e. The number of rotatable bonds is 1. The van der Waals surface area contributed by atoms with Crippen molar-refractivity contribution in [2.45, 2.75) is 6.92 Å². The van der Waals surface area contributed by atoms with Gasteiger partial charge in [0.25, 0.3) is 0 Å². The molecule has 1 aromatic rings. The molecule has 0 aliphatic heterocycles. The van der Waals surface area contributed by atoms with Crippen molar-refractivity contribution in [3.05, 3.63) is 24.4 Å². The van der Waals surface area contributed by atoms with Gasteiger partial charge in [0.1, 0.15) is 0 Å². The maximum Gasteiger partial charge on any atom is 0.0492 e. The highest BCUT2D eigenvalue weighted by atomic mass is 15.2. The van der Waals surface area contributed by atoms with Gasteiger partial charge in [0.05, 0.1) is 0 Å². The van der Waals surface area contributed by atoms with Crippen LogP contribution in [0.3, 0.4) is 0 Å². The average molecular weight is 109 g/mol. The molecule has 8 heavy (non-hydrogen) atoms. The van der Waals surface area contributed by atoms with E-state index >= 15 is 0 Å². The predicted molar refractivity (Wildman–Crippen MR) is 32.3 cm³/mol. The molecule has 2 nitrogen and oxygen atoms in total. The lowest BCUT2D eigenvalue weighted by Crippen LogP contribution is -1.93. The molecule has 0 saturated carbocycles. The van der Waals surface area contributed by atoms with Crippen molar-refractivity contribution in [2.24, 2.45) is 7.05 Å². The highest BCUT2D eigenvalue weighted by Gasteiger charge is 1.90. The minimum atomic E-state index is 1.16. The molecule has 0 saturated heterocycles. The van der Waals surface area contributed by atoms with Gasteiger partial charge in [0.15, 0.2) is 0 Å². The molecule has 2 heteroatoms. The molecule has 0 atom stereocenters. The molecule has 43 valence electrons. The Balaban J connectivity index is 2.92. The first-order valence-corrected chi connectivity index (χ1v) is 2.62. The fourth-order valence-electron chi connectivity index (χ4n) is 0.667. The summed E-state index contributed by atoms with van der Waals surface area (Å²) in [5.74, 6) is 0. The van der Waals surface area contributed by atoms with Gasteiger partial charge in [-0.05, 0) is 6.07 Å². The van der Waals surface area contributed by atoms with E-state index < -0.39 is 0 Å². The number of aryl methyl sites for hydroxylation is 1. The monoisotopic (exact) mass is 109 g/mol. The van der Waals surface area contributed by atoms with E-state index in [4.69, 9.17) is 0 Å². The van der Waals surface area contributed by atoms with Crippen LogP contribution in [-0.2, 0) is 7.05 Å². The fraction of sp³-hybridized carbons (Fsp3) is 0.333. The standard InChI is InChI=1S/C6H9N2/c1-3-6-4-5-7-8(6)2/h3-5H,1-2H3. The van der Waals surface area contributed by atoms with Gasteiger partial charge in [-0.1, -0.05) is 6.92 Å². The van der Waals surface area contributed by atoms with Crippen molar-refractivity contribution in [2.75, 3.05) is 0 Å². The summed E-state index contributed by atoms with van der Waals surface area (Å²) in [7, 11) is 1.93. The summed E-state index contributed by atoms with van der Waals surface area (Å²) in [4.78, 5) is 0. The maximum atomic E-state index is 3.97. The van der Waals surface area contributed by atoms with Crippen LogP contribution < -0.4 is 0 Å². The molecule has 0 spiro atoms. The SMILES string of the molecule is C[CH]c1ccnn1C. The molecule has 0 fully saturated rings. The highest BCUT2D eigenvalue weighted by Crippen LogP contribution is 1.96. The van der Waals surface area contributed by atoms with Crippen LogP contribution in [0.1, 0.15) is 12.6 Å². The Labute approximate surface area is 49.1 Å². The largest absolute Gasteiger partial charge is 0.272 e. The molecule has 0 bridgehead atoms. The van der Waals surface area contributed by atoms with Crippen molar-refractivity contribution in [3.63, 3.8) is 0 Å². The topological polar surface area (TPSA) is 17.8 Å². The second kappa shape index (κ2) is 1.99. The molecule has 1 heterocycles. The first-order valence-electron chi connectivity index (χ1n) is 2.62. The lowest BCUT2D eigenvalue weighted by molar-refractivity contribution is 0.745. The zero-order chi connectivity index (χ0) is 5.98. The Morgan fingerprint density at radius 1 is 1.75 bits per heavy atom. The summed E-state index contributed by atoms with van der Waals surface area (Å²) >= 11 is 0. The third-order valence-electron chi connectivity index (χ3n) is 1.15. The van der Waals surface area contributed by atoms with Crippen LogP contribution in [0.2, 0.25) is 0 Å². The van der Waals surface area contributed by atoms with Gasteiger partial charge in [-0.15, -0.1) is 0 Å². The quantitative estimate of drug-likeness (QED) is 0.526. The lowest BCUT2D eigenvalue weighted by Gasteiger charge is -1.92. The van der Waals surface area contributed by atoms with Crippen LogP contribution in [0.15, 0.2) is 12.3 Å². The zero-order valence-corrected chi connectivity index (χ0v) is 5.13. The van der Waals surface area contributed by atoms with E-state index in [0.717, 1.165) is 5.69 Å². The smallest absolute Gasteiger partial charge is 0.0492 e. The van der Waals surface area contributed by atoms with Crippen LogP contribution in [-0.4, -0.2) is 9.78 Å². The summed E-state index contributed by atoms with van der Waals surface area (Å²) < 4.78 is 1.83. The Morgan fingerprint density at radius 3 is 2.75 bits per heavy atom. The fourth-order valence-corrected chi connectivity index (χ4v) is 0.667. The van der Waals surface area contributed by atoms with Gasteiger partial charge < -0.3 is 0 Å². The van der Waals surface area contributed by atoms with E-state index in [-0.39, 0.29) is 0 Å². The Kier molecular flexibility index (Phi) is 1.33. The van der Waals surface area contributed by atoms with Gasteiger partial charge in [0.2, 0.25) is 0 Å². The maximum absolute atomic E-state index is 3.97. The molecule has 0 N–H and O–H groups in total. The molecule has 0 aromatic carbocycles. The second-order valence-electron chi connectivity index (χ2n) is 1.67. The van der Waals surface area contributed by atoms with Crippen LogP contribution >= 0.6 is 0 Å². The van der Waals surface area contributed by atoms with Crippen molar-refractivity contribution in [3.8, 4) is 0 Å². The Bertz CT molecular complexity index is 167.